The summed E-state index contributed by atoms with van der Waals surface area (Å²) in [5.74, 6) is -0.125. The summed E-state index contributed by atoms with van der Waals surface area (Å²) in [5.41, 5.74) is 7.36. The van der Waals surface area contributed by atoms with E-state index in [1.807, 2.05) is 30.3 Å². The highest BCUT2D eigenvalue weighted by Crippen LogP contribution is 2.14. The number of sulfone groups is 1. The molecule has 2 aromatic rings. The van der Waals surface area contributed by atoms with Gasteiger partial charge in [-0.25, -0.2) is 21.6 Å². The summed E-state index contributed by atoms with van der Waals surface area (Å²) >= 11 is 0. The molecule has 1 atom stereocenters. The van der Waals surface area contributed by atoms with Crippen LogP contribution in [0.25, 0.3) is 0 Å². The van der Waals surface area contributed by atoms with Gasteiger partial charge in [-0.05, 0) is 23.3 Å². The lowest BCUT2D eigenvalue weighted by atomic mass is 10.1. The fourth-order valence-electron chi connectivity index (χ4n) is 2.17. The zero-order valence-electron chi connectivity index (χ0n) is 13.6. The molecule has 0 saturated heterocycles. The molecule has 0 aliphatic rings. The Morgan fingerprint density at radius 2 is 1.52 bits per heavy atom. The van der Waals surface area contributed by atoms with Crippen LogP contribution in [0.3, 0.4) is 0 Å². The lowest BCUT2D eigenvalue weighted by Gasteiger charge is -2.13. The Bertz CT molecular complexity index is 883. The first kappa shape index (κ1) is 21.6. The molecular weight excluding hydrogens is 384 g/mol. The smallest absolute Gasteiger partial charge is 0.240 e. The van der Waals surface area contributed by atoms with Gasteiger partial charge in [0.25, 0.3) is 0 Å². The summed E-state index contributed by atoms with van der Waals surface area (Å²) < 4.78 is 49.5. The van der Waals surface area contributed by atoms with Gasteiger partial charge in [-0.3, -0.25) is 0 Å². The second kappa shape index (κ2) is 8.77. The Labute approximate surface area is 154 Å². The van der Waals surface area contributed by atoms with Gasteiger partial charge in [0.1, 0.15) is 0 Å². The number of hydrogen-bond donors (Lipinski definition) is 2. The fourth-order valence-corrected chi connectivity index (χ4v) is 4.03. The molecule has 0 spiro atoms. The van der Waals surface area contributed by atoms with Crippen LogP contribution in [0.5, 0.6) is 0 Å². The van der Waals surface area contributed by atoms with Gasteiger partial charge in [-0.15, -0.1) is 12.4 Å². The molecule has 0 saturated carbocycles. The first-order valence-electron chi connectivity index (χ1n) is 7.24. The van der Waals surface area contributed by atoms with E-state index in [2.05, 4.69) is 4.72 Å². The zero-order chi connectivity index (χ0) is 17.8. The molecule has 9 heteroatoms. The molecule has 0 fully saturated rings. The molecule has 0 radical (unpaired) electrons. The molecule has 0 aromatic heterocycles. The third kappa shape index (κ3) is 6.75. The van der Waals surface area contributed by atoms with Crippen LogP contribution in [0.4, 0.5) is 0 Å². The SMILES string of the molecule is CS(=O)(=O)Cc1ccc(S(=O)(=O)NCC(N)c2ccccc2)cc1.Cl. The van der Waals surface area contributed by atoms with Crippen LogP contribution < -0.4 is 10.5 Å². The van der Waals surface area contributed by atoms with Crippen LogP contribution in [0, 0.1) is 0 Å². The van der Waals surface area contributed by atoms with Gasteiger partial charge in [0, 0.05) is 18.8 Å². The van der Waals surface area contributed by atoms with Crippen LogP contribution in [0.15, 0.2) is 59.5 Å². The maximum absolute atomic E-state index is 12.3. The highest BCUT2D eigenvalue weighted by atomic mass is 35.5. The van der Waals surface area contributed by atoms with E-state index in [9.17, 15) is 16.8 Å². The van der Waals surface area contributed by atoms with Gasteiger partial charge in [-0.1, -0.05) is 42.5 Å². The number of hydrogen-bond acceptors (Lipinski definition) is 5. The molecule has 138 valence electrons. The largest absolute Gasteiger partial charge is 0.323 e. The first-order valence-corrected chi connectivity index (χ1v) is 10.8. The van der Waals surface area contributed by atoms with E-state index in [0.29, 0.717) is 5.56 Å². The Hall–Kier alpha value is -1.45. The number of sulfonamides is 1. The second-order valence-electron chi connectivity index (χ2n) is 5.58. The second-order valence-corrected chi connectivity index (χ2v) is 9.49. The van der Waals surface area contributed by atoms with E-state index in [4.69, 9.17) is 5.73 Å². The quantitative estimate of drug-likeness (QED) is 0.729. The highest BCUT2D eigenvalue weighted by molar-refractivity contribution is 7.90. The Morgan fingerprint density at radius 3 is 2.04 bits per heavy atom. The van der Waals surface area contributed by atoms with Crippen molar-refractivity contribution in [2.45, 2.75) is 16.7 Å². The van der Waals surface area contributed by atoms with E-state index in [0.717, 1.165) is 11.8 Å². The molecule has 0 heterocycles. The Morgan fingerprint density at radius 1 is 0.960 bits per heavy atom. The molecular formula is C16H21ClN2O4S2. The standard InChI is InChI=1S/C16H20N2O4S2.ClH/c1-23(19,20)12-13-7-9-15(10-8-13)24(21,22)18-11-16(17)14-5-3-2-4-6-14;/h2-10,16,18H,11-12,17H2,1H3;1H. The Kier molecular flexibility index (Phi) is 7.58. The monoisotopic (exact) mass is 404 g/mol. The van der Waals surface area contributed by atoms with Crippen molar-refractivity contribution >= 4 is 32.3 Å². The van der Waals surface area contributed by atoms with Crippen LogP contribution >= 0.6 is 12.4 Å². The number of nitrogens with one attached hydrogen (secondary N) is 1. The predicted molar refractivity (Wildman–Crippen MR) is 101 cm³/mol. The average molecular weight is 405 g/mol. The highest BCUT2D eigenvalue weighted by Gasteiger charge is 2.16. The topological polar surface area (TPSA) is 106 Å². The lowest BCUT2D eigenvalue weighted by Crippen LogP contribution is -2.32. The van der Waals surface area contributed by atoms with E-state index >= 15 is 0 Å². The molecule has 0 aliphatic carbocycles. The minimum absolute atomic E-state index is 0. The summed E-state index contributed by atoms with van der Waals surface area (Å²) in [5, 5.41) is 0. The summed E-state index contributed by atoms with van der Waals surface area (Å²) in [6.45, 7) is 0.0669. The van der Waals surface area contributed by atoms with Crippen molar-refractivity contribution in [3.8, 4) is 0 Å². The van der Waals surface area contributed by atoms with Crippen molar-refractivity contribution in [1.29, 1.82) is 0 Å². The normalized spacial score (nSPS) is 13.0. The van der Waals surface area contributed by atoms with E-state index in [-0.39, 0.29) is 29.6 Å². The third-order valence-electron chi connectivity index (χ3n) is 3.38. The number of halogens is 1. The van der Waals surface area contributed by atoms with Crippen molar-refractivity contribution in [2.24, 2.45) is 5.73 Å². The fraction of sp³-hybridized carbons (Fsp3) is 0.250. The van der Waals surface area contributed by atoms with Crippen LogP contribution in [0.1, 0.15) is 17.2 Å². The maximum atomic E-state index is 12.3. The van der Waals surface area contributed by atoms with Crippen molar-refractivity contribution in [2.75, 3.05) is 12.8 Å². The molecule has 2 rings (SSSR count). The van der Waals surface area contributed by atoms with Crippen molar-refractivity contribution in [3.63, 3.8) is 0 Å². The van der Waals surface area contributed by atoms with Gasteiger partial charge in [0.15, 0.2) is 9.84 Å². The number of nitrogens with two attached hydrogens (primary N) is 1. The summed E-state index contributed by atoms with van der Waals surface area (Å²) in [4.78, 5) is 0.0695. The van der Waals surface area contributed by atoms with Crippen molar-refractivity contribution < 1.29 is 16.8 Å². The molecule has 0 amide bonds. The number of benzene rings is 2. The summed E-state index contributed by atoms with van der Waals surface area (Å²) in [7, 11) is -6.86. The van der Waals surface area contributed by atoms with Gasteiger partial charge < -0.3 is 5.73 Å². The first-order chi connectivity index (χ1) is 11.2. The number of rotatable bonds is 7. The van der Waals surface area contributed by atoms with E-state index < -0.39 is 25.9 Å². The zero-order valence-corrected chi connectivity index (χ0v) is 16.1. The van der Waals surface area contributed by atoms with Crippen LogP contribution in [-0.4, -0.2) is 29.6 Å². The molecule has 1 unspecified atom stereocenters. The maximum Gasteiger partial charge on any atom is 0.240 e. The van der Waals surface area contributed by atoms with Gasteiger partial charge in [0.05, 0.1) is 10.6 Å². The minimum Gasteiger partial charge on any atom is -0.323 e. The van der Waals surface area contributed by atoms with E-state index in [1.54, 1.807) is 0 Å². The van der Waals surface area contributed by atoms with Gasteiger partial charge in [0.2, 0.25) is 10.0 Å². The summed E-state index contributed by atoms with van der Waals surface area (Å²) in [6, 6.07) is 14.5. The molecule has 25 heavy (non-hydrogen) atoms. The van der Waals surface area contributed by atoms with Crippen LogP contribution in [0.2, 0.25) is 0 Å². The van der Waals surface area contributed by atoms with Gasteiger partial charge >= 0.3 is 0 Å². The summed E-state index contributed by atoms with van der Waals surface area (Å²) in [6.07, 6.45) is 1.13. The van der Waals surface area contributed by atoms with Crippen LogP contribution in [-0.2, 0) is 25.6 Å². The Balaban J connectivity index is 0.00000312. The molecule has 0 aliphatic heterocycles. The molecule has 0 bridgehead atoms. The average Bonchev–Trinajstić information content (AvgIpc) is 2.52. The minimum atomic E-state index is -3.70. The van der Waals surface area contributed by atoms with E-state index in [1.165, 1.54) is 24.3 Å². The predicted octanol–water partition coefficient (Wildman–Crippen LogP) is 1.63. The molecule has 3 N–H and O–H groups in total. The molecule has 6 nitrogen and oxygen atoms in total. The van der Waals surface area contributed by atoms with Crippen molar-refractivity contribution in [1.82, 2.24) is 4.72 Å². The third-order valence-corrected chi connectivity index (χ3v) is 5.68. The lowest BCUT2D eigenvalue weighted by molar-refractivity contribution is 0.572. The molecule has 2 aromatic carbocycles. The van der Waals surface area contributed by atoms with Gasteiger partial charge in [-0.2, -0.15) is 0 Å². The van der Waals surface area contributed by atoms with Crippen molar-refractivity contribution in [3.05, 3.63) is 65.7 Å².